The number of aliphatic carboxylic acids is 1. The minimum atomic E-state index is -0.673. The molecule has 1 aliphatic rings. The third kappa shape index (κ3) is 3.93. The lowest BCUT2D eigenvalue weighted by Gasteiger charge is -2.38. The Bertz CT molecular complexity index is 768. The smallest absolute Gasteiger partial charge is 0.307 e. The summed E-state index contributed by atoms with van der Waals surface area (Å²) in [4.78, 5) is 13.9. The molecule has 2 aromatic carbocycles. The van der Waals surface area contributed by atoms with Gasteiger partial charge in [-0.25, -0.2) is 0 Å². The van der Waals surface area contributed by atoms with Crippen molar-refractivity contribution in [3.05, 3.63) is 70.3 Å². The van der Waals surface area contributed by atoms with E-state index in [9.17, 15) is 9.90 Å². The van der Waals surface area contributed by atoms with Crippen molar-refractivity contribution in [2.24, 2.45) is 5.92 Å². The summed E-state index contributed by atoms with van der Waals surface area (Å²) in [6.07, 6.45) is 1.71. The zero-order valence-electron chi connectivity index (χ0n) is 15.3. The van der Waals surface area contributed by atoms with Crippen molar-refractivity contribution in [3.63, 3.8) is 0 Å². The molecule has 1 heterocycles. The third-order valence-corrected chi connectivity index (χ3v) is 5.25. The fourth-order valence-electron chi connectivity index (χ4n) is 3.92. The number of piperidine rings is 1. The molecule has 3 rings (SSSR count). The first-order valence-electron chi connectivity index (χ1n) is 9.06. The maximum absolute atomic E-state index is 11.5. The number of hydrogen-bond donors (Lipinski definition) is 1. The molecule has 0 spiro atoms. The monoisotopic (exact) mass is 337 g/mol. The molecule has 132 valence electrons. The van der Waals surface area contributed by atoms with Crippen LogP contribution in [0.25, 0.3) is 0 Å². The van der Waals surface area contributed by atoms with Crippen LogP contribution in [0.3, 0.4) is 0 Å². The number of rotatable bonds is 4. The Hall–Kier alpha value is -2.13. The highest BCUT2D eigenvalue weighted by Crippen LogP contribution is 2.35. The Labute approximate surface area is 150 Å². The largest absolute Gasteiger partial charge is 0.481 e. The lowest BCUT2D eigenvalue weighted by molar-refractivity contribution is -0.143. The van der Waals surface area contributed by atoms with E-state index in [1.807, 2.05) is 0 Å². The van der Waals surface area contributed by atoms with Crippen molar-refractivity contribution in [2.75, 3.05) is 13.1 Å². The van der Waals surface area contributed by atoms with Crippen LogP contribution in [0.4, 0.5) is 0 Å². The number of aryl methyl sites for hydroxylation is 3. The quantitative estimate of drug-likeness (QED) is 0.893. The van der Waals surface area contributed by atoms with Crippen LogP contribution in [0.1, 0.15) is 46.7 Å². The second-order valence-corrected chi connectivity index (χ2v) is 7.35. The molecule has 0 bridgehead atoms. The Kier molecular flexibility index (Phi) is 5.24. The number of likely N-dealkylation sites (tertiary alicyclic amines) is 1. The van der Waals surface area contributed by atoms with E-state index in [-0.39, 0.29) is 12.0 Å². The lowest BCUT2D eigenvalue weighted by atomic mass is 9.88. The molecule has 0 saturated carbocycles. The molecular formula is C22H27NO2. The van der Waals surface area contributed by atoms with Crippen LogP contribution in [0, 0.1) is 26.7 Å². The van der Waals surface area contributed by atoms with Crippen molar-refractivity contribution < 1.29 is 9.90 Å². The van der Waals surface area contributed by atoms with Gasteiger partial charge in [-0.05, 0) is 56.8 Å². The van der Waals surface area contributed by atoms with Gasteiger partial charge in [0.25, 0.3) is 0 Å². The minimum Gasteiger partial charge on any atom is -0.481 e. The second-order valence-electron chi connectivity index (χ2n) is 7.35. The normalized spacial score (nSPS) is 19.6. The van der Waals surface area contributed by atoms with Gasteiger partial charge >= 0.3 is 5.97 Å². The Morgan fingerprint density at radius 3 is 2.60 bits per heavy atom. The van der Waals surface area contributed by atoms with E-state index in [0.29, 0.717) is 6.54 Å². The first-order valence-corrected chi connectivity index (χ1v) is 9.06. The van der Waals surface area contributed by atoms with E-state index < -0.39 is 5.97 Å². The third-order valence-electron chi connectivity index (χ3n) is 5.25. The van der Waals surface area contributed by atoms with Crippen LogP contribution in [0.5, 0.6) is 0 Å². The van der Waals surface area contributed by atoms with Crippen molar-refractivity contribution >= 4 is 5.97 Å². The average molecular weight is 337 g/mol. The average Bonchev–Trinajstić information content (AvgIpc) is 2.58. The highest BCUT2D eigenvalue weighted by molar-refractivity contribution is 5.70. The van der Waals surface area contributed by atoms with E-state index in [1.165, 1.54) is 27.8 Å². The van der Waals surface area contributed by atoms with Crippen molar-refractivity contribution in [1.29, 1.82) is 0 Å². The highest BCUT2D eigenvalue weighted by Gasteiger charge is 2.31. The molecule has 0 aliphatic carbocycles. The molecule has 2 unspecified atom stereocenters. The van der Waals surface area contributed by atoms with Crippen LogP contribution in [-0.4, -0.2) is 29.1 Å². The van der Waals surface area contributed by atoms with E-state index in [0.717, 1.165) is 19.4 Å². The zero-order valence-corrected chi connectivity index (χ0v) is 15.3. The maximum Gasteiger partial charge on any atom is 0.307 e. The van der Waals surface area contributed by atoms with E-state index in [2.05, 4.69) is 68.1 Å². The van der Waals surface area contributed by atoms with E-state index >= 15 is 0 Å². The Morgan fingerprint density at radius 2 is 1.88 bits per heavy atom. The predicted molar refractivity (Wildman–Crippen MR) is 101 cm³/mol. The number of nitrogens with zero attached hydrogens (tertiary/aromatic N) is 1. The number of carboxylic acids is 1. The summed E-state index contributed by atoms with van der Waals surface area (Å²) in [7, 11) is 0. The lowest BCUT2D eigenvalue weighted by Crippen LogP contribution is -2.41. The number of benzene rings is 2. The minimum absolute atomic E-state index is 0.113. The molecule has 3 nitrogen and oxygen atoms in total. The number of carbonyl (C=O) groups is 1. The number of hydrogen-bond acceptors (Lipinski definition) is 2. The number of carboxylic acid groups (broad SMARTS) is 1. The molecule has 0 radical (unpaired) electrons. The molecule has 0 aromatic heterocycles. The second kappa shape index (κ2) is 7.40. The molecule has 2 aromatic rings. The molecule has 1 aliphatic heterocycles. The van der Waals surface area contributed by atoms with Crippen molar-refractivity contribution in [3.8, 4) is 0 Å². The highest BCUT2D eigenvalue weighted by atomic mass is 16.4. The molecule has 1 N–H and O–H groups in total. The van der Waals surface area contributed by atoms with Gasteiger partial charge in [0.05, 0.1) is 12.0 Å². The van der Waals surface area contributed by atoms with Gasteiger partial charge in [0.1, 0.15) is 0 Å². The SMILES string of the molecule is Cc1cccc(C(c2cc(C)ccc2C)N2CCCC(C(=O)O)C2)c1. The molecule has 1 saturated heterocycles. The zero-order chi connectivity index (χ0) is 18.0. The standard InChI is InChI=1S/C22H27NO2/c1-15-6-4-7-18(12-15)21(20-13-16(2)9-10-17(20)3)23-11-5-8-19(14-23)22(24)25/h4,6-7,9-10,12-13,19,21H,5,8,11,14H2,1-3H3,(H,24,25). The first-order chi connectivity index (χ1) is 12.0. The van der Waals surface area contributed by atoms with E-state index in [4.69, 9.17) is 0 Å². The van der Waals surface area contributed by atoms with Crippen LogP contribution < -0.4 is 0 Å². The Balaban J connectivity index is 2.06. The van der Waals surface area contributed by atoms with E-state index in [1.54, 1.807) is 0 Å². The van der Waals surface area contributed by atoms with Crippen molar-refractivity contribution in [2.45, 2.75) is 39.7 Å². The topological polar surface area (TPSA) is 40.5 Å². The van der Waals surface area contributed by atoms with Gasteiger partial charge in [0, 0.05) is 6.54 Å². The van der Waals surface area contributed by atoms with Crippen LogP contribution >= 0.6 is 0 Å². The molecule has 0 amide bonds. The summed E-state index contributed by atoms with van der Waals surface area (Å²) in [5.74, 6) is -0.945. The summed E-state index contributed by atoms with van der Waals surface area (Å²) >= 11 is 0. The fourth-order valence-corrected chi connectivity index (χ4v) is 3.92. The summed E-state index contributed by atoms with van der Waals surface area (Å²) < 4.78 is 0. The van der Waals surface area contributed by atoms with Gasteiger partial charge in [-0.1, -0.05) is 53.6 Å². The molecule has 3 heteroatoms. The Morgan fingerprint density at radius 1 is 1.12 bits per heavy atom. The van der Waals surface area contributed by atoms with Gasteiger partial charge in [-0.3, -0.25) is 9.69 Å². The van der Waals surface area contributed by atoms with Crippen LogP contribution in [-0.2, 0) is 4.79 Å². The summed E-state index contributed by atoms with van der Waals surface area (Å²) in [6, 6.07) is 15.3. The van der Waals surface area contributed by atoms with Gasteiger partial charge in [0.15, 0.2) is 0 Å². The van der Waals surface area contributed by atoms with Gasteiger partial charge in [-0.15, -0.1) is 0 Å². The molecule has 1 fully saturated rings. The maximum atomic E-state index is 11.5. The van der Waals surface area contributed by atoms with Crippen molar-refractivity contribution in [1.82, 2.24) is 4.90 Å². The molecular weight excluding hydrogens is 310 g/mol. The fraction of sp³-hybridized carbons (Fsp3) is 0.409. The predicted octanol–water partition coefficient (Wildman–Crippen LogP) is 4.50. The molecule has 25 heavy (non-hydrogen) atoms. The van der Waals surface area contributed by atoms with Crippen LogP contribution in [0.15, 0.2) is 42.5 Å². The van der Waals surface area contributed by atoms with Gasteiger partial charge in [0.2, 0.25) is 0 Å². The van der Waals surface area contributed by atoms with Crippen LogP contribution in [0.2, 0.25) is 0 Å². The first kappa shape index (κ1) is 17.7. The molecule has 2 atom stereocenters. The van der Waals surface area contributed by atoms with Gasteiger partial charge in [-0.2, -0.15) is 0 Å². The summed E-state index contributed by atoms with van der Waals surface area (Å²) in [6.45, 7) is 7.93. The van der Waals surface area contributed by atoms with Gasteiger partial charge < -0.3 is 5.11 Å². The summed E-state index contributed by atoms with van der Waals surface area (Å²) in [5, 5.41) is 9.50. The summed E-state index contributed by atoms with van der Waals surface area (Å²) in [5.41, 5.74) is 6.27.